The van der Waals surface area contributed by atoms with E-state index in [9.17, 15) is 4.79 Å². The Balaban J connectivity index is 1.68. The molecule has 0 radical (unpaired) electrons. The number of carbonyl (C=O) groups is 1. The maximum absolute atomic E-state index is 11.8. The lowest BCUT2D eigenvalue weighted by molar-refractivity contribution is -0.155. The largest absolute Gasteiger partial charge is 0.462 e. The Labute approximate surface area is 109 Å². The van der Waals surface area contributed by atoms with Gasteiger partial charge in [-0.3, -0.25) is 4.79 Å². The molecule has 2 aliphatic rings. The summed E-state index contributed by atoms with van der Waals surface area (Å²) in [7, 11) is 0. The fourth-order valence-electron chi connectivity index (χ4n) is 2.66. The average Bonchev–Trinajstić information content (AvgIpc) is 2.33. The molecular formula is C14H25NO3. The van der Waals surface area contributed by atoms with E-state index >= 15 is 0 Å². The Hall–Kier alpha value is -0.610. The number of esters is 1. The standard InChI is InChI=1S/C14H25NO3/c1-14(2)5-3-11(4-6-14)18-13(16)9-12-10-15-7-8-17-12/h11-12,15H,3-10H2,1-2H3. The third-order valence-corrected chi connectivity index (χ3v) is 3.98. The molecule has 104 valence electrons. The molecule has 4 heteroatoms. The van der Waals surface area contributed by atoms with Crippen LogP contribution in [-0.4, -0.2) is 37.9 Å². The minimum absolute atomic E-state index is 0.00807. The average molecular weight is 255 g/mol. The first-order chi connectivity index (χ1) is 8.55. The van der Waals surface area contributed by atoms with E-state index in [0.717, 1.165) is 38.8 Å². The Morgan fingerprint density at radius 2 is 2.11 bits per heavy atom. The zero-order valence-corrected chi connectivity index (χ0v) is 11.5. The second kappa shape index (κ2) is 6.02. The first kappa shape index (κ1) is 13.8. The fraction of sp³-hybridized carbons (Fsp3) is 0.929. The van der Waals surface area contributed by atoms with E-state index < -0.39 is 0 Å². The number of hydrogen-bond acceptors (Lipinski definition) is 4. The van der Waals surface area contributed by atoms with Gasteiger partial charge in [0.05, 0.1) is 19.1 Å². The highest BCUT2D eigenvalue weighted by molar-refractivity contribution is 5.70. The maximum atomic E-state index is 11.8. The zero-order chi connectivity index (χ0) is 13.0. The molecule has 0 spiro atoms. The summed E-state index contributed by atoms with van der Waals surface area (Å²) in [6.45, 7) is 6.89. The number of carbonyl (C=O) groups excluding carboxylic acids is 1. The van der Waals surface area contributed by atoms with Gasteiger partial charge in [0.1, 0.15) is 6.10 Å². The van der Waals surface area contributed by atoms with Crippen molar-refractivity contribution in [2.24, 2.45) is 5.41 Å². The first-order valence-electron chi connectivity index (χ1n) is 7.07. The summed E-state index contributed by atoms with van der Waals surface area (Å²) in [4.78, 5) is 11.8. The van der Waals surface area contributed by atoms with Crippen LogP contribution in [0.25, 0.3) is 0 Å². The Morgan fingerprint density at radius 1 is 1.39 bits per heavy atom. The van der Waals surface area contributed by atoms with Crippen LogP contribution in [0, 0.1) is 5.41 Å². The van der Waals surface area contributed by atoms with E-state index in [1.54, 1.807) is 0 Å². The molecule has 2 rings (SSSR count). The van der Waals surface area contributed by atoms with Gasteiger partial charge < -0.3 is 14.8 Å². The van der Waals surface area contributed by atoms with Crippen LogP contribution in [0.4, 0.5) is 0 Å². The highest BCUT2D eigenvalue weighted by atomic mass is 16.5. The minimum atomic E-state index is -0.103. The van der Waals surface area contributed by atoms with Crippen molar-refractivity contribution < 1.29 is 14.3 Å². The molecule has 1 saturated carbocycles. The minimum Gasteiger partial charge on any atom is -0.462 e. The molecule has 18 heavy (non-hydrogen) atoms. The maximum Gasteiger partial charge on any atom is 0.308 e. The van der Waals surface area contributed by atoms with Gasteiger partial charge in [-0.15, -0.1) is 0 Å². The molecule has 1 aliphatic carbocycles. The molecule has 2 fully saturated rings. The molecule has 0 amide bonds. The van der Waals surface area contributed by atoms with Crippen molar-refractivity contribution >= 4 is 5.97 Å². The van der Waals surface area contributed by atoms with E-state index in [0.29, 0.717) is 18.4 Å². The number of rotatable bonds is 3. The zero-order valence-electron chi connectivity index (χ0n) is 11.5. The van der Waals surface area contributed by atoms with Crippen LogP contribution < -0.4 is 5.32 Å². The van der Waals surface area contributed by atoms with Crippen molar-refractivity contribution in [2.75, 3.05) is 19.7 Å². The van der Waals surface area contributed by atoms with Gasteiger partial charge in [-0.2, -0.15) is 0 Å². The molecule has 1 heterocycles. The topological polar surface area (TPSA) is 47.6 Å². The second-order valence-electron chi connectivity index (χ2n) is 6.25. The van der Waals surface area contributed by atoms with Crippen molar-refractivity contribution in [3.8, 4) is 0 Å². The van der Waals surface area contributed by atoms with Gasteiger partial charge in [-0.1, -0.05) is 13.8 Å². The van der Waals surface area contributed by atoms with Crippen LogP contribution in [0.1, 0.15) is 46.0 Å². The summed E-state index contributed by atoms with van der Waals surface area (Å²) in [5.74, 6) is -0.103. The van der Waals surface area contributed by atoms with Crippen LogP contribution in [0.5, 0.6) is 0 Å². The Morgan fingerprint density at radius 3 is 2.72 bits per heavy atom. The third-order valence-electron chi connectivity index (χ3n) is 3.98. The fourth-order valence-corrected chi connectivity index (χ4v) is 2.66. The highest BCUT2D eigenvalue weighted by Crippen LogP contribution is 2.36. The molecule has 1 aliphatic heterocycles. The first-order valence-corrected chi connectivity index (χ1v) is 7.07. The van der Waals surface area contributed by atoms with Crippen LogP contribution in [-0.2, 0) is 14.3 Å². The van der Waals surface area contributed by atoms with Gasteiger partial charge in [0.25, 0.3) is 0 Å². The lowest BCUT2D eigenvalue weighted by Crippen LogP contribution is -2.40. The molecule has 1 saturated heterocycles. The third kappa shape index (κ3) is 4.25. The lowest BCUT2D eigenvalue weighted by atomic mass is 9.76. The van der Waals surface area contributed by atoms with Crippen molar-refractivity contribution in [1.82, 2.24) is 5.32 Å². The molecular weight excluding hydrogens is 230 g/mol. The SMILES string of the molecule is CC1(C)CCC(OC(=O)CC2CNCCO2)CC1. The van der Waals surface area contributed by atoms with Crippen molar-refractivity contribution in [2.45, 2.75) is 58.2 Å². The molecule has 1 atom stereocenters. The van der Waals surface area contributed by atoms with E-state index in [1.807, 2.05) is 0 Å². The summed E-state index contributed by atoms with van der Waals surface area (Å²) in [5.41, 5.74) is 0.416. The summed E-state index contributed by atoms with van der Waals surface area (Å²) < 4.78 is 11.0. The van der Waals surface area contributed by atoms with Crippen LogP contribution >= 0.6 is 0 Å². The van der Waals surface area contributed by atoms with E-state index in [-0.39, 0.29) is 18.2 Å². The van der Waals surface area contributed by atoms with Crippen LogP contribution in [0.15, 0.2) is 0 Å². The van der Waals surface area contributed by atoms with E-state index in [2.05, 4.69) is 19.2 Å². The molecule has 0 aromatic rings. The summed E-state index contributed by atoms with van der Waals surface area (Å²) in [6, 6.07) is 0. The van der Waals surface area contributed by atoms with Crippen molar-refractivity contribution in [3.63, 3.8) is 0 Å². The number of morpholine rings is 1. The lowest BCUT2D eigenvalue weighted by Gasteiger charge is -2.34. The predicted octanol–water partition coefficient (Wildman–Crippen LogP) is 1.88. The molecule has 0 aromatic carbocycles. The molecule has 1 unspecified atom stereocenters. The highest BCUT2D eigenvalue weighted by Gasteiger charge is 2.29. The second-order valence-corrected chi connectivity index (χ2v) is 6.25. The van der Waals surface area contributed by atoms with Crippen LogP contribution in [0.2, 0.25) is 0 Å². The molecule has 1 N–H and O–H groups in total. The van der Waals surface area contributed by atoms with Gasteiger partial charge in [0, 0.05) is 13.1 Å². The van der Waals surface area contributed by atoms with Gasteiger partial charge in [0.2, 0.25) is 0 Å². The van der Waals surface area contributed by atoms with Crippen LogP contribution in [0.3, 0.4) is 0 Å². The number of nitrogens with one attached hydrogen (secondary N) is 1. The van der Waals surface area contributed by atoms with Gasteiger partial charge in [0.15, 0.2) is 0 Å². The molecule has 4 nitrogen and oxygen atoms in total. The Bertz CT molecular complexity index is 275. The smallest absolute Gasteiger partial charge is 0.308 e. The summed E-state index contributed by atoms with van der Waals surface area (Å²) in [6.07, 6.45) is 4.80. The Kier molecular flexibility index (Phi) is 4.62. The van der Waals surface area contributed by atoms with Gasteiger partial charge in [-0.25, -0.2) is 0 Å². The number of hydrogen-bond donors (Lipinski definition) is 1. The summed E-state index contributed by atoms with van der Waals surface area (Å²) >= 11 is 0. The van der Waals surface area contributed by atoms with E-state index in [4.69, 9.17) is 9.47 Å². The number of ether oxygens (including phenoxy) is 2. The predicted molar refractivity (Wildman–Crippen MR) is 69.4 cm³/mol. The van der Waals surface area contributed by atoms with Gasteiger partial charge in [-0.05, 0) is 31.1 Å². The molecule has 0 aromatic heterocycles. The van der Waals surface area contributed by atoms with E-state index in [1.165, 1.54) is 0 Å². The quantitative estimate of drug-likeness (QED) is 0.782. The van der Waals surface area contributed by atoms with Crippen molar-refractivity contribution in [3.05, 3.63) is 0 Å². The van der Waals surface area contributed by atoms with Crippen molar-refractivity contribution in [1.29, 1.82) is 0 Å². The normalized spacial score (nSPS) is 28.9. The van der Waals surface area contributed by atoms with Gasteiger partial charge >= 0.3 is 5.97 Å². The summed E-state index contributed by atoms with van der Waals surface area (Å²) in [5, 5.41) is 3.22. The molecule has 0 bridgehead atoms. The monoisotopic (exact) mass is 255 g/mol.